The van der Waals surface area contributed by atoms with Gasteiger partial charge < -0.3 is 0 Å². The lowest BCUT2D eigenvalue weighted by Gasteiger charge is -2.27. The predicted octanol–water partition coefficient (Wildman–Crippen LogP) is 3.31. The SMILES string of the molecule is C1=CCC2CCCC(C=C1)C2. The van der Waals surface area contributed by atoms with Crippen molar-refractivity contribution in [2.45, 2.75) is 32.1 Å². The molecule has 0 heteroatoms. The molecule has 0 spiro atoms. The van der Waals surface area contributed by atoms with Crippen molar-refractivity contribution in [3.8, 4) is 0 Å². The summed E-state index contributed by atoms with van der Waals surface area (Å²) in [5, 5.41) is 0. The average Bonchev–Trinajstić information content (AvgIpc) is 2.02. The van der Waals surface area contributed by atoms with Crippen molar-refractivity contribution in [3.05, 3.63) is 24.3 Å². The van der Waals surface area contributed by atoms with Crippen LogP contribution in [0, 0.1) is 11.8 Å². The van der Waals surface area contributed by atoms with Gasteiger partial charge in [-0.15, -0.1) is 0 Å². The molecule has 2 rings (SSSR count). The molecule has 0 nitrogen and oxygen atoms in total. The first-order valence-electron chi connectivity index (χ1n) is 4.78. The van der Waals surface area contributed by atoms with Crippen LogP contribution in [-0.4, -0.2) is 0 Å². The molecule has 0 aromatic heterocycles. The molecule has 0 radical (unpaired) electrons. The molecular formula is C11H16. The van der Waals surface area contributed by atoms with Crippen LogP contribution in [0.3, 0.4) is 0 Å². The minimum Gasteiger partial charge on any atom is -0.0843 e. The van der Waals surface area contributed by atoms with Gasteiger partial charge in [0, 0.05) is 0 Å². The normalized spacial score (nSPS) is 36.4. The molecule has 2 bridgehead atoms. The summed E-state index contributed by atoms with van der Waals surface area (Å²) in [6, 6.07) is 0. The van der Waals surface area contributed by atoms with Gasteiger partial charge in [0.2, 0.25) is 0 Å². The average molecular weight is 148 g/mol. The Morgan fingerprint density at radius 3 is 3.09 bits per heavy atom. The van der Waals surface area contributed by atoms with Crippen LogP contribution in [0.25, 0.3) is 0 Å². The third kappa shape index (κ3) is 1.74. The van der Waals surface area contributed by atoms with Crippen LogP contribution in [0.1, 0.15) is 32.1 Å². The van der Waals surface area contributed by atoms with Crippen LogP contribution < -0.4 is 0 Å². The Labute approximate surface area is 69.0 Å². The number of hydrogen-bond donors (Lipinski definition) is 0. The summed E-state index contributed by atoms with van der Waals surface area (Å²) >= 11 is 0. The lowest BCUT2D eigenvalue weighted by molar-refractivity contribution is 0.305. The smallest absolute Gasteiger partial charge is 0.0228 e. The number of hydrogen-bond acceptors (Lipinski definition) is 0. The van der Waals surface area contributed by atoms with E-state index in [-0.39, 0.29) is 0 Å². The minimum absolute atomic E-state index is 0.902. The monoisotopic (exact) mass is 148 g/mol. The van der Waals surface area contributed by atoms with Crippen molar-refractivity contribution < 1.29 is 0 Å². The maximum absolute atomic E-state index is 2.39. The van der Waals surface area contributed by atoms with Gasteiger partial charge in [-0.25, -0.2) is 0 Å². The highest BCUT2D eigenvalue weighted by molar-refractivity contribution is 5.07. The standard InChI is InChI=1S/C11H16/c1-2-5-10-7-4-8-11(9-10)6-3-1/h1-3,5,10-11H,4,6-9H2. The second-order valence-corrected chi connectivity index (χ2v) is 3.84. The van der Waals surface area contributed by atoms with Crippen molar-refractivity contribution in [3.63, 3.8) is 0 Å². The molecule has 0 amide bonds. The molecule has 60 valence electrons. The first-order valence-corrected chi connectivity index (χ1v) is 4.78. The Hall–Kier alpha value is -0.520. The van der Waals surface area contributed by atoms with E-state index in [2.05, 4.69) is 24.3 Å². The van der Waals surface area contributed by atoms with Crippen LogP contribution in [0.2, 0.25) is 0 Å². The second kappa shape index (κ2) is 3.25. The van der Waals surface area contributed by atoms with E-state index in [1.54, 1.807) is 0 Å². The van der Waals surface area contributed by atoms with Crippen molar-refractivity contribution in [1.82, 2.24) is 0 Å². The minimum atomic E-state index is 0.902. The zero-order valence-electron chi connectivity index (χ0n) is 7.00. The Kier molecular flexibility index (Phi) is 2.11. The van der Waals surface area contributed by atoms with Gasteiger partial charge in [0.25, 0.3) is 0 Å². The van der Waals surface area contributed by atoms with Gasteiger partial charge in [0.1, 0.15) is 0 Å². The third-order valence-electron chi connectivity index (χ3n) is 2.92. The summed E-state index contributed by atoms with van der Waals surface area (Å²) < 4.78 is 0. The number of fused-ring (bicyclic) bond motifs is 2. The summed E-state index contributed by atoms with van der Waals surface area (Å²) in [6.45, 7) is 0. The van der Waals surface area contributed by atoms with Crippen LogP contribution in [-0.2, 0) is 0 Å². The van der Waals surface area contributed by atoms with E-state index < -0.39 is 0 Å². The van der Waals surface area contributed by atoms with Crippen molar-refractivity contribution >= 4 is 0 Å². The van der Waals surface area contributed by atoms with E-state index in [1.807, 2.05) is 0 Å². The molecule has 0 N–H and O–H groups in total. The summed E-state index contributed by atoms with van der Waals surface area (Å²) in [6.07, 6.45) is 16.3. The second-order valence-electron chi connectivity index (χ2n) is 3.84. The number of allylic oxidation sites excluding steroid dienone is 4. The lowest BCUT2D eigenvalue weighted by atomic mass is 9.79. The predicted molar refractivity (Wildman–Crippen MR) is 48.3 cm³/mol. The van der Waals surface area contributed by atoms with Crippen LogP contribution in [0.4, 0.5) is 0 Å². The third-order valence-corrected chi connectivity index (χ3v) is 2.92. The van der Waals surface area contributed by atoms with E-state index in [4.69, 9.17) is 0 Å². The van der Waals surface area contributed by atoms with E-state index in [1.165, 1.54) is 32.1 Å². The fourth-order valence-electron chi connectivity index (χ4n) is 2.29. The molecule has 0 aromatic rings. The van der Waals surface area contributed by atoms with Gasteiger partial charge in [0.15, 0.2) is 0 Å². The topological polar surface area (TPSA) is 0 Å². The van der Waals surface area contributed by atoms with Crippen molar-refractivity contribution in [2.24, 2.45) is 11.8 Å². The van der Waals surface area contributed by atoms with Crippen molar-refractivity contribution in [2.75, 3.05) is 0 Å². The van der Waals surface area contributed by atoms with E-state index >= 15 is 0 Å². The van der Waals surface area contributed by atoms with Gasteiger partial charge >= 0.3 is 0 Å². The molecule has 0 heterocycles. The van der Waals surface area contributed by atoms with Crippen LogP contribution >= 0.6 is 0 Å². The molecule has 0 saturated heterocycles. The molecule has 2 aliphatic carbocycles. The van der Waals surface area contributed by atoms with E-state index in [0.717, 1.165) is 11.8 Å². The molecule has 2 aliphatic rings. The van der Waals surface area contributed by atoms with E-state index in [9.17, 15) is 0 Å². The molecule has 11 heavy (non-hydrogen) atoms. The fourth-order valence-corrected chi connectivity index (χ4v) is 2.29. The lowest BCUT2D eigenvalue weighted by Crippen LogP contribution is -2.13. The summed E-state index contributed by atoms with van der Waals surface area (Å²) in [4.78, 5) is 0. The van der Waals surface area contributed by atoms with Crippen LogP contribution in [0.15, 0.2) is 24.3 Å². The summed E-state index contributed by atoms with van der Waals surface area (Å²) in [7, 11) is 0. The summed E-state index contributed by atoms with van der Waals surface area (Å²) in [5.41, 5.74) is 0. The largest absolute Gasteiger partial charge is 0.0843 e. The van der Waals surface area contributed by atoms with E-state index in [0.29, 0.717) is 0 Å². The zero-order valence-corrected chi connectivity index (χ0v) is 7.00. The first-order chi connectivity index (χ1) is 5.45. The first kappa shape index (κ1) is 7.15. The van der Waals surface area contributed by atoms with Gasteiger partial charge in [-0.2, -0.15) is 0 Å². The Morgan fingerprint density at radius 2 is 2.09 bits per heavy atom. The molecule has 1 fully saturated rings. The van der Waals surface area contributed by atoms with Gasteiger partial charge in [-0.3, -0.25) is 0 Å². The quantitative estimate of drug-likeness (QED) is 0.494. The molecule has 0 aromatic carbocycles. The molecule has 0 aliphatic heterocycles. The van der Waals surface area contributed by atoms with Gasteiger partial charge in [-0.1, -0.05) is 37.1 Å². The highest BCUT2D eigenvalue weighted by atomic mass is 14.2. The van der Waals surface area contributed by atoms with Crippen molar-refractivity contribution in [1.29, 1.82) is 0 Å². The zero-order chi connectivity index (χ0) is 7.52. The maximum atomic E-state index is 2.39. The fraction of sp³-hybridized carbons (Fsp3) is 0.636. The highest BCUT2D eigenvalue weighted by Crippen LogP contribution is 2.32. The molecule has 2 unspecified atom stereocenters. The molecule has 2 atom stereocenters. The molecule has 1 saturated carbocycles. The highest BCUT2D eigenvalue weighted by Gasteiger charge is 2.19. The number of rotatable bonds is 0. The Balaban J connectivity index is 2.08. The van der Waals surface area contributed by atoms with Gasteiger partial charge in [-0.05, 0) is 31.1 Å². The maximum Gasteiger partial charge on any atom is -0.0228 e. The van der Waals surface area contributed by atoms with Crippen LogP contribution in [0.5, 0.6) is 0 Å². The molecular weight excluding hydrogens is 132 g/mol. The Morgan fingerprint density at radius 1 is 1.09 bits per heavy atom. The van der Waals surface area contributed by atoms with Gasteiger partial charge in [0.05, 0.1) is 0 Å². The summed E-state index contributed by atoms with van der Waals surface area (Å²) in [5.74, 6) is 1.90. The Bertz CT molecular complexity index is 176.